The molecule has 1 aromatic heterocycles. The molecule has 0 aliphatic rings. The minimum atomic E-state index is -0.0206. The second-order valence-electron chi connectivity index (χ2n) is 5.51. The van der Waals surface area contributed by atoms with Crippen molar-refractivity contribution in [2.24, 2.45) is 5.92 Å². The fourth-order valence-corrected chi connectivity index (χ4v) is 2.35. The van der Waals surface area contributed by atoms with Crippen LogP contribution in [-0.4, -0.2) is 10.9 Å². The summed E-state index contributed by atoms with van der Waals surface area (Å²) in [5.74, 6) is 0.883. The maximum Gasteiger partial charge on any atom is 0.226 e. The van der Waals surface area contributed by atoms with Crippen molar-refractivity contribution in [3.8, 4) is 0 Å². The summed E-state index contributed by atoms with van der Waals surface area (Å²) in [4.78, 5) is 16.0. The zero-order valence-corrected chi connectivity index (χ0v) is 14.6. The van der Waals surface area contributed by atoms with E-state index >= 15 is 0 Å². The Hall–Kier alpha value is -1.88. The summed E-state index contributed by atoms with van der Waals surface area (Å²) in [6.07, 6.45) is 1.78. The molecule has 0 aliphatic heterocycles. The van der Waals surface area contributed by atoms with E-state index in [0.717, 1.165) is 27.1 Å². The summed E-state index contributed by atoms with van der Waals surface area (Å²) in [6.45, 7) is 6.46. The number of rotatable bonds is 5. The maximum atomic E-state index is 11.6. The first kappa shape index (κ1) is 16.5. The average molecular weight is 362 g/mol. The molecule has 0 fully saturated rings. The van der Waals surface area contributed by atoms with Crippen LogP contribution in [0.15, 0.2) is 41.0 Å². The van der Waals surface area contributed by atoms with Crippen molar-refractivity contribution in [3.05, 3.63) is 52.1 Å². The van der Waals surface area contributed by atoms with Gasteiger partial charge in [-0.2, -0.15) is 0 Å². The topological polar surface area (TPSA) is 54.0 Å². The number of pyridine rings is 1. The number of carbonyl (C=O) groups excluding carboxylic acids is 1. The van der Waals surface area contributed by atoms with Crippen molar-refractivity contribution in [2.45, 2.75) is 27.3 Å². The van der Waals surface area contributed by atoms with Gasteiger partial charge in [0.2, 0.25) is 5.91 Å². The van der Waals surface area contributed by atoms with E-state index in [1.807, 2.05) is 51.1 Å². The highest BCUT2D eigenvalue weighted by Crippen LogP contribution is 2.18. The van der Waals surface area contributed by atoms with Crippen LogP contribution in [-0.2, 0) is 11.3 Å². The number of hydrogen-bond donors (Lipinski definition) is 2. The van der Waals surface area contributed by atoms with Crippen LogP contribution in [0.25, 0.3) is 0 Å². The quantitative estimate of drug-likeness (QED) is 0.831. The average Bonchev–Trinajstić information content (AvgIpc) is 2.47. The molecule has 116 valence electrons. The van der Waals surface area contributed by atoms with Gasteiger partial charge >= 0.3 is 0 Å². The molecular weight excluding hydrogens is 342 g/mol. The Bertz CT molecular complexity index is 653. The Morgan fingerprint density at radius 3 is 2.55 bits per heavy atom. The fourth-order valence-electron chi connectivity index (χ4n) is 1.90. The first-order chi connectivity index (χ1) is 10.5. The number of hydrogen-bond acceptors (Lipinski definition) is 3. The van der Waals surface area contributed by atoms with Gasteiger partial charge in [0.1, 0.15) is 5.82 Å². The molecule has 0 saturated heterocycles. The molecule has 1 heterocycles. The van der Waals surface area contributed by atoms with Crippen molar-refractivity contribution in [2.75, 3.05) is 10.6 Å². The van der Waals surface area contributed by atoms with E-state index < -0.39 is 0 Å². The highest BCUT2D eigenvalue weighted by molar-refractivity contribution is 9.10. The molecule has 2 N–H and O–H groups in total. The Morgan fingerprint density at radius 2 is 1.95 bits per heavy atom. The summed E-state index contributed by atoms with van der Waals surface area (Å²) >= 11 is 3.41. The molecule has 0 aliphatic carbocycles. The minimum absolute atomic E-state index is 0.0206. The van der Waals surface area contributed by atoms with Crippen molar-refractivity contribution < 1.29 is 4.79 Å². The maximum absolute atomic E-state index is 11.6. The van der Waals surface area contributed by atoms with E-state index in [1.165, 1.54) is 0 Å². The van der Waals surface area contributed by atoms with Gasteiger partial charge in [-0.25, -0.2) is 4.98 Å². The molecule has 2 aromatic rings. The highest BCUT2D eigenvalue weighted by Gasteiger charge is 2.06. The molecule has 1 aromatic carbocycles. The molecular formula is C17H20BrN3O. The first-order valence-corrected chi connectivity index (χ1v) is 8.01. The van der Waals surface area contributed by atoms with E-state index in [4.69, 9.17) is 0 Å². The zero-order chi connectivity index (χ0) is 16.1. The number of amides is 1. The van der Waals surface area contributed by atoms with Crippen LogP contribution in [0, 0.1) is 12.8 Å². The molecule has 0 saturated carbocycles. The molecule has 1 amide bonds. The Morgan fingerprint density at radius 1 is 1.27 bits per heavy atom. The van der Waals surface area contributed by atoms with E-state index in [2.05, 4.69) is 31.5 Å². The predicted octanol–water partition coefficient (Wildman–Crippen LogP) is 4.36. The van der Waals surface area contributed by atoms with Gasteiger partial charge in [0.05, 0.1) is 0 Å². The van der Waals surface area contributed by atoms with Crippen molar-refractivity contribution in [1.29, 1.82) is 0 Å². The van der Waals surface area contributed by atoms with Gasteiger partial charge in [-0.1, -0.05) is 26.0 Å². The largest absolute Gasteiger partial charge is 0.366 e. The van der Waals surface area contributed by atoms with Gasteiger partial charge in [-0.15, -0.1) is 0 Å². The second kappa shape index (κ2) is 7.40. The molecule has 0 unspecified atom stereocenters. The summed E-state index contributed by atoms with van der Waals surface area (Å²) in [6, 6.07) is 9.85. The van der Waals surface area contributed by atoms with E-state index in [1.54, 1.807) is 6.20 Å². The minimum Gasteiger partial charge on any atom is -0.366 e. The van der Waals surface area contributed by atoms with Crippen LogP contribution in [0.1, 0.15) is 25.0 Å². The van der Waals surface area contributed by atoms with Crippen molar-refractivity contribution in [3.63, 3.8) is 0 Å². The molecule has 2 rings (SSSR count). The lowest BCUT2D eigenvalue weighted by Crippen LogP contribution is -2.17. The van der Waals surface area contributed by atoms with Gasteiger partial charge < -0.3 is 10.6 Å². The lowest BCUT2D eigenvalue weighted by atomic mass is 10.1. The standard InChI is InChI=1S/C17H20BrN3O/c1-11(2)17(22)21-15-6-4-13(5-7-15)9-19-16-12(3)8-14(18)10-20-16/h4-8,10-11H,9H2,1-3H3,(H,19,20)(H,21,22). The monoisotopic (exact) mass is 361 g/mol. The van der Waals surface area contributed by atoms with E-state index in [-0.39, 0.29) is 11.8 Å². The third-order valence-electron chi connectivity index (χ3n) is 3.25. The summed E-state index contributed by atoms with van der Waals surface area (Å²) in [5.41, 5.74) is 3.04. The SMILES string of the molecule is Cc1cc(Br)cnc1NCc1ccc(NC(=O)C(C)C)cc1. The normalized spacial score (nSPS) is 10.6. The number of halogens is 1. The van der Waals surface area contributed by atoms with Crippen molar-refractivity contribution in [1.82, 2.24) is 4.98 Å². The Labute approximate surface area is 139 Å². The molecule has 4 nitrogen and oxygen atoms in total. The van der Waals surface area contributed by atoms with Gasteiger partial charge in [-0.05, 0) is 52.2 Å². The van der Waals surface area contributed by atoms with E-state index in [9.17, 15) is 4.79 Å². The van der Waals surface area contributed by atoms with Crippen molar-refractivity contribution >= 4 is 33.3 Å². The zero-order valence-electron chi connectivity index (χ0n) is 13.0. The molecule has 22 heavy (non-hydrogen) atoms. The Balaban J connectivity index is 1.95. The summed E-state index contributed by atoms with van der Waals surface area (Å²) < 4.78 is 0.973. The number of carbonyl (C=O) groups is 1. The van der Waals surface area contributed by atoms with Gasteiger partial charge in [0.25, 0.3) is 0 Å². The summed E-state index contributed by atoms with van der Waals surface area (Å²) in [5, 5.41) is 6.20. The highest BCUT2D eigenvalue weighted by atomic mass is 79.9. The van der Waals surface area contributed by atoms with Gasteiger partial charge in [-0.3, -0.25) is 4.79 Å². The third-order valence-corrected chi connectivity index (χ3v) is 3.68. The van der Waals surface area contributed by atoms with Crippen LogP contribution in [0.4, 0.5) is 11.5 Å². The molecule has 5 heteroatoms. The third kappa shape index (κ3) is 4.56. The predicted molar refractivity (Wildman–Crippen MR) is 93.9 cm³/mol. The molecule has 0 spiro atoms. The van der Waals surface area contributed by atoms with Crippen LogP contribution in [0.2, 0.25) is 0 Å². The number of nitrogens with one attached hydrogen (secondary N) is 2. The van der Waals surface area contributed by atoms with Crippen LogP contribution in [0.5, 0.6) is 0 Å². The smallest absolute Gasteiger partial charge is 0.226 e. The van der Waals surface area contributed by atoms with Gasteiger partial charge in [0, 0.05) is 28.8 Å². The Kier molecular flexibility index (Phi) is 5.55. The van der Waals surface area contributed by atoms with Gasteiger partial charge in [0.15, 0.2) is 0 Å². The fraction of sp³-hybridized carbons (Fsp3) is 0.294. The van der Waals surface area contributed by atoms with Crippen LogP contribution in [0.3, 0.4) is 0 Å². The number of aromatic nitrogens is 1. The number of benzene rings is 1. The van der Waals surface area contributed by atoms with E-state index in [0.29, 0.717) is 6.54 Å². The molecule has 0 atom stereocenters. The first-order valence-electron chi connectivity index (χ1n) is 7.21. The lowest BCUT2D eigenvalue weighted by molar-refractivity contribution is -0.118. The lowest BCUT2D eigenvalue weighted by Gasteiger charge is -2.10. The van der Waals surface area contributed by atoms with Crippen LogP contribution >= 0.6 is 15.9 Å². The number of anilines is 2. The second-order valence-corrected chi connectivity index (χ2v) is 6.43. The molecule has 0 bridgehead atoms. The molecule has 0 radical (unpaired) electrons. The summed E-state index contributed by atoms with van der Waals surface area (Å²) in [7, 11) is 0. The van der Waals surface area contributed by atoms with Crippen LogP contribution < -0.4 is 10.6 Å². The number of aryl methyl sites for hydroxylation is 1. The number of nitrogens with zero attached hydrogens (tertiary/aromatic N) is 1.